The average molecular weight is 277 g/mol. The topological polar surface area (TPSA) is 48.4 Å². The SMILES string of the molecule is COCCOc1ccccc1C(=O)c1cnc(C)s1. The summed E-state index contributed by atoms with van der Waals surface area (Å²) in [5, 5.41) is 0.876. The van der Waals surface area contributed by atoms with Crippen LogP contribution in [0.4, 0.5) is 0 Å². The Labute approximate surface area is 116 Å². The summed E-state index contributed by atoms with van der Waals surface area (Å²) in [4.78, 5) is 17.1. The molecule has 2 aromatic rings. The fraction of sp³-hybridized carbons (Fsp3) is 0.286. The molecule has 2 rings (SSSR count). The molecule has 0 aliphatic heterocycles. The van der Waals surface area contributed by atoms with Gasteiger partial charge in [0.2, 0.25) is 5.78 Å². The number of methoxy groups -OCH3 is 1. The maximum atomic E-state index is 12.4. The molecule has 0 saturated heterocycles. The van der Waals surface area contributed by atoms with Crippen molar-refractivity contribution in [1.29, 1.82) is 0 Å². The highest BCUT2D eigenvalue weighted by atomic mass is 32.1. The van der Waals surface area contributed by atoms with Crippen LogP contribution in [0.2, 0.25) is 0 Å². The number of rotatable bonds is 6. The minimum absolute atomic E-state index is 0.0568. The van der Waals surface area contributed by atoms with Crippen LogP contribution in [0.1, 0.15) is 20.2 Å². The third-order valence-corrected chi connectivity index (χ3v) is 3.43. The molecule has 0 atom stereocenters. The number of ether oxygens (including phenoxy) is 2. The molecule has 0 saturated carbocycles. The second-order valence-electron chi connectivity index (χ2n) is 3.91. The Morgan fingerprint density at radius 2 is 2.11 bits per heavy atom. The number of carbonyl (C=O) groups excluding carboxylic acids is 1. The molecule has 0 amide bonds. The van der Waals surface area contributed by atoms with Gasteiger partial charge in [-0.05, 0) is 19.1 Å². The second-order valence-corrected chi connectivity index (χ2v) is 5.14. The Bertz CT molecular complexity index is 565. The molecule has 4 nitrogen and oxygen atoms in total. The van der Waals surface area contributed by atoms with Crippen LogP contribution in [0.5, 0.6) is 5.75 Å². The molecule has 0 spiro atoms. The molecule has 5 heteroatoms. The molecule has 0 fully saturated rings. The van der Waals surface area contributed by atoms with E-state index >= 15 is 0 Å². The van der Waals surface area contributed by atoms with Gasteiger partial charge in [-0.3, -0.25) is 4.79 Å². The first-order valence-electron chi connectivity index (χ1n) is 5.90. The Kier molecular flexibility index (Phi) is 4.65. The van der Waals surface area contributed by atoms with Crippen LogP contribution in [0.15, 0.2) is 30.5 Å². The van der Waals surface area contributed by atoms with Gasteiger partial charge in [-0.1, -0.05) is 12.1 Å². The van der Waals surface area contributed by atoms with Gasteiger partial charge in [0, 0.05) is 13.3 Å². The molecular weight excluding hydrogens is 262 g/mol. The summed E-state index contributed by atoms with van der Waals surface area (Å²) < 4.78 is 10.5. The molecule has 0 radical (unpaired) electrons. The predicted octanol–water partition coefficient (Wildman–Crippen LogP) is 2.71. The molecule has 19 heavy (non-hydrogen) atoms. The van der Waals surface area contributed by atoms with Crippen molar-refractivity contribution in [3.63, 3.8) is 0 Å². The molecule has 0 aliphatic carbocycles. The average Bonchev–Trinajstić information content (AvgIpc) is 2.85. The highest BCUT2D eigenvalue weighted by Crippen LogP contribution is 2.24. The molecule has 100 valence electrons. The van der Waals surface area contributed by atoms with Crippen LogP contribution < -0.4 is 4.74 Å². The van der Waals surface area contributed by atoms with E-state index in [9.17, 15) is 4.79 Å². The van der Waals surface area contributed by atoms with Crippen LogP contribution in [0.25, 0.3) is 0 Å². The number of thiazole rings is 1. The van der Waals surface area contributed by atoms with Gasteiger partial charge in [-0.15, -0.1) is 11.3 Å². The van der Waals surface area contributed by atoms with Crippen molar-refractivity contribution in [1.82, 2.24) is 4.98 Å². The third-order valence-electron chi connectivity index (χ3n) is 2.52. The lowest BCUT2D eigenvalue weighted by Gasteiger charge is -2.09. The molecule has 1 aromatic carbocycles. The Balaban J connectivity index is 2.21. The highest BCUT2D eigenvalue weighted by Gasteiger charge is 2.16. The van der Waals surface area contributed by atoms with Crippen LogP contribution in [-0.2, 0) is 4.74 Å². The van der Waals surface area contributed by atoms with E-state index < -0.39 is 0 Å². The number of ketones is 1. The van der Waals surface area contributed by atoms with Crippen LogP contribution >= 0.6 is 11.3 Å². The smallest absolute Gasteiger partial charge is 0.208 e. The van der Waals surface area contributed by atoms with Gasteiger partial charge in [0.25, 0.3) is 0 Å². The zero-order valence-electron chi connectivity index (χ0n) is 10.9. The second kappa shape index (κ2) is 6.45. The number of benzene rings is 1. The van der Waals surface area contributed by atoms with E-state index in [2.05, 4.69) is 4.98 Å². The lowest BCUT2D eigenvalue weighted by atomic mass is 10.1. The number of hydrogen-bond donors (Lipinski definition) is 0. The van der Waals surface area contributed by atoms with E-state index in [4.69, 9.17) is 9.47 Å². The van der Waals surface area contributed by atoms with Gasteiger partial charge in [-0.25, -0.2) is 4.98 Å². The van der Waals surface area contributed by atoms with Gasteiger partial charge in [0.15, 0.2) is 0 Å². The maximum absolute atomic E-state index is 12.4. The maximum Gasteiger partial charge on any atom is 0.208 e. The summed E-state index contributed by atoms with van der Waals surface area (Å²) in [5.74, 6) is 0.522. The monoisotopic (exact) mass is 277 g/mol. The first kappa shape index (κ1) is 13.7. The van der Waals surface area contributed by atoms with Crippen molar-refractivity contribution in [3.8, 4) is 5.75 Å². The highest BCUT2D eigenvalue weighted by molar-refractivity contribution is 7.13. The number of para-hydroxylation sites is 1. The van der Waals surface area contributed by atoms with E-state index in [1.807, 2.05) is 19.1 Å². The molecule has 0 aliphatic rings. The number of nitrogens with zero attached hydrogens (tertiary/aromatic N) is 1. The summed E-state index contributed by atoms with van der Waals surface area (Å²) in [5.41, 5.74) is 0.558. The van der Waals surface area contributed by atoms with Gasteiger partial charge >= 0.3 is 0 Å². The van der Waals surface area contributed by atoms with Crippen LogP contribution in [0.3, 0.4) is 0 Å². The van der Waals surface area contributed by atoms with Gasteiger partial charge in [0.1, 0.15) is 12.4 Å². The third kappa shape index (κ3) is 3.39. The fourth-order valence-corrected chi connectivity index (χ4v) is 2.35. The van der Waals surface area contributed by atoms with Crippen molar-refractivity contribution in [2.24, 2.45) is 0 Å². The Hall–Kier alpha value is -1.72. The predicted molar refractivity (Wildman–Crippen MR) is 74.1 cm³/mol. The molecule has 1 aromatic heterocycles. The van der Waals surface area contributed by atoms with Crippen LogP contribution in [0, 0.1) is 6.92 Å². The normalized spacial score (nSPS) is 10.4. The van der Waals surface area contributed by atoms with E-state index in [1.165, 1.54) is 11.3 Å². The standard InChI is InChI=1S/C14H15NO3S/c1-10-15-9-13(19-10)14(16)11-5-3-4-6-12(11)18-8-7-17-2/h3-6,9H,7-8H2,1-2H3. The first-order valence-corrected chi connectivity index (χ1v) is 6.72. The molecule has 0 N–H and O–H groups in total. The Morgan fingerprint density at radius 3 is 2.79 bits per heavy atom. The lowest BCUT2D eigenvalue weighted by Crippen LogP contribution is -2.08. The minimum Gasteiger partial charge on any atom is -0.490 e. The summed E-state index contributed by atoms with van der Waals surface area (Å²) in [7, 11) is 1.61. The number of aryl methyl sites for hydroxylation is 1. The largest absolute Gasteiger partial charge is 0.490 e. The molecule has 1 heterocycles. The summed E-state index contributed by atoms with van der Waals surface area (Å²) in [6, 6.07) is 7.22. The zero-order valence-corrected chi connectivity index (χ0v) is 11.7. The number of hydrogen-bond acceptors (Lipinski definition) is 5. The number of carbonyl (C=O) groups is 1. The molecule has 0 unspecified atom stereocenters. The van der Waals surface area contributed by atoms with Crippen molar-refractivity contribution < 1.29 is 14.3 Å². The van der Waals surface area contributed by atoms with E-state index in [0.717, 1.165) is 5.01 Å². The van der Waals surface area contributed by atoms with E-state index in [1.54, 1.807) is 25.4 Å². The van der Waals surface area contributed by atoms with Crippen molar-refractivity contribution in [3.05, 3.63) is 45.9 Å². The van der Waals surface area contributed by atoms with Crippen molar-refractivity contribution >= 4 is 17.1 Å². The summed E-state index contributed by atoms with van der Waals surface area (Å²) in [6.07, 6.45) is 1.61. The number of aromatic nitrogens is 1. The van der Waals surface area contributed by atoms with E-state index in [0.29, 0.717) is 29.4 Å². The van der Waals surface area contributed by atoms with Crippen LogP contribution in [-0.4, -0.2) is 31.1 Å². The zero-order chi connectivity index (χ0) is 13.7. The van der Waals surface area contributed by atoms with E-state index in [-0.39, 0.29) is 5.78 Å². The fourth-order valence-electron chi connectivity index (χ4n) is 1.61. The van der Waals surface area contributed by atoms with Crippen molar-refractivity contribution in [2.75, 3.05) is 20.3 Å². The van der Waals surface area contributed by atoms with Gasteiger partial charge in [0.05, 0.1) is 22.1 Å². The summed E-state index contributed by atoms with van der Waals surface area (Å²) in [6.45, 7) is 2.78. The molecule has 0 bridgehead atoms. The minimum atomic E-state index is -0.0568. The first-order chi connectivity index (χ1) is 9.22. The van der Waals surface area contributed by atoms with Gasteiger partial charge in [-0.2, -0.15) is 0 Å². The molecular formula is C14H15NO3S. The summed E-state index contributed by atoms with van der Waals surface area (Å²) >= 11 is 1.39. The lowest BCUT2D eigenvalue weighted by molar-refractivity contribution is 0.103. The Morgan fingerprint density at radius 1 is 1.32 bits per heavy atom. The van der Waals surface area contributed by atoms with Crippen molar-refractivity contribution in [2.45, 2.75) is 6.92 Å². The van der Waals surface area contributed by atoms with Gasteiger partial charge < -0.3 is 9.47 Å². The quantitative estimate of drug-likeness (QED) is 0.601.